The van der Waals surface area contributed by atoms with Crippen LogP contribution in [0, 0.1) is 33.8 Å². The van der Waals surface area contributed by atoms with Crippen LogP contribution in [-0.2, 0) is 0 Å². The lowest BCUT2D eigenvalue weighted by Gasteiger charge is -2.10. The minimum absolute atomic E-state index is 1.16. The van der Waals surface area contributed by atoms with Gasteiger partial charge in [0.15, 0.2) is 0 Å². The van der Waals surface area contributed by atoms with E-state index in [0.29, 0.717) is 0 Å². The van der Waals surface area contributed by atoms with Crippen LogP contribution in [0.4, 0.5) is 0 Å². The Morgan fingerprint density at radius 2 is 1.58 bits per heavy atom. The van der Waals surface area contributed by atoms with Gasteiger partial charge < -0.3 is 0 Å². The number of hydrogen-bond acceptors (Lipinski definition) is 0. The average molecular weight is 159 g/mol. The van der Waals surface area contributed by atoms with Crippen LogP contribution >= 0.6 is 0 Å². The Morgan fingerprint density at radius 1 is 1.00 bits per heavy atom. The third-order valence-electron chi connectivity index (χ3n) is 2.53. The predicted molar refractivity (Wildman–Crippen MR) is 53.4 cm³/mol. The second-order valence-corrected chi connectivity index (χ2v) is 3.31. The fraction of sp³-hybridized carbons (Fsp3) is 0.333. The summed E-state index contributed by atoms with van der Waals surface area (Å²) in [5, 5.41) is 0. The summed E-state index contributed by atoms with van der Waals surface area (Å²) in [6, 6.07) is 2.19. The molecule has 0 spiro atoms. The molecule has 0 aliphatic carbocycles. The van der Waals surface area contributed by atoms with Gasteiger partial charge >= 0.3 is 0 Å². The van der Waals surface area contributed by atoms with Gasteiger partial charge in [-0.2, -0.15) is 0 Å². The van der Waals surface area contributed by atoms with Crippen molar-refractivity contribution in [3.8, 4) is 0 Å². The SMILES string of the molecule is C=[C]c1c(C)cc(C)c(C)c1C. The summed E-state index contributed by atoms with van der Waals surface area (Å²) in [6.45, 7) is 12.2. The standard InChI is InChI=1S/C12H15/c1-6-12-9(3)7-8(2)10(4)11(12)5/h7H,1H2,2-5H3. The van der Waals surface area contributed by atoms with Crippen molar-refractivity contribution in [2.24, 2.45) is 0 Å². The van der Waals surface area contributed by atoms with Crippen LogP contribution in [0.2, 0.25) is 0 Å². The maximum absolute atomic E-state index is 3.70. The smallest absolute Gasteiger partial charge is 0.0123 e. The Kier molecular flexibility index (Phi) is 2.37. The second kappa shape index (κ2) is 3.14. The molecule has 0 heterocycles. The van der Waals surface area contributed by atoms with Crippen LogP contribution in [0.3, 0.4) is 0 Å². The molecule has 1 aromatic carbocycles. The maximum Gasteiger partial charge on any atom is -0.0123 e. The van der Waals surface area contributed by atoms with Crippen LogP contribution in [0.1, 0.15) is 27.8 Å². The predicted octanol–water partition coefficient (Wildman–Crippen LogP) is 3.26. The Hall–Kier alpha value is -1.04. The number of aryl methyl sites for hydroxylation is 2. The van der Waals surface area contributed by atoms with Crippen LogP contribution in [-0.4, -0.2) is 0 Å². The molecule has 0 fully saturated rings. The summed E-state index contributed by atoms with van der Waals surface area (Å²) in [5.74, 6) is 0. The molecule has 0 nitrogen and oxygen atoms in total. The first-order valence-corrected chi connectivity index (χ1v) is 4.18. The number of hydrogen-bond donors (Lipinski definition) is 0. The molecule has 0 atom stereocenters. The molecule has 0 bridgehead atoms. The van der Waals surface area contributed by atoms with Gasteiger partial charge in [0.25, 0.3) is 0 Å². The molecule has 0 aliphatic heterocycles. The van der Waals surface area contributed by atoms with Gasteiger partial charge in [0.2, 0.25) is 0 Å². The Morgan fingerprint density at radius 3 is 2.08 bits per heavy atom. The van der Waals surface area contributed by atoms with E-state index < -0.39 is 0 Å². The molecular weight excluding hydrogens is 144 g/mol. The molecule has 0 saturated heterocycles. The van der Waals surface area contributed by atoms with Gasteiger partial charge in [0.05, 0.1) is 0 Å². The molecule has 0 N–H and O–H groups in total. The van der Waals surface area contributed by atoms with Gasteiger partial charge in [0.1, 0.15) is 0 Å². The summed E-state index contributed by atoms with van der Waals surface area (Å²) >= 11 is 0. The highest BCUT2D eigenvalue weighted by molar-refractivity contribution is 5.46. The molecule has 0 saturated carbocycles. The summed E-state index contributed by atoms with van der Waals surface area (Å²) in [4.78, 5) is 0. The van der Waals surface area contributed by atoms with E-state index in [0.717, 1.165) is 5.56 Å². The summed E-state index contributed by atoms with van der Waals surface area (Å²) in [6.07, 6.45) is 2.98. The van der Waals surface area contributed by atoms with Crippen molar-refractivity contribution in [2.75, 3.05) is 0 Å². The van der Waals surface area contributed by atoms with Crippen molar-refractivity contribution in [1.82, 2.24) is 0 Å². The lowest BCUT2D eigenvalue weighted by Crippen LogP contribution is -1.94. The topological polar surface area (TPSA) is 0 Å². The quantitative estimate of drug-likeness (QED) is 0.590. The summed E-state index contributed by atoms with van der Waals surface area (Å²) in [5.41, 5.74) is 6.45. The average Bonchev–Trinajstić information content (AvgIpc) is 2.01. The molecule has 1 radical (unpaired) electrons. The lowest BCUT2D eigenvalue weighted by molar-refractivity contribution is 1.20. The minimum atomic E-state index is 1.16. The van der Waals surface area contributed by atoms with E-state index in [1.165, 1.54) is 22.3 Å². The van der Waals surface area contributed by atoms with E-state index in [1.54, 1.807) is 0 Å². The van der Waals surface area contributed by atoms with Crippen LogP contribution in [0.5, 0.6) is 0 Å². The highest BCUT2D eigenvalue weighted by Crippen LogP contribution is 2.20. The summed E-state index contributed by atoms with van der Waals surface area (Å²) < 4.78 is 0. The fourth-order valence-corrected chi connectivity index (χ4v) is 1.56. The van der Waals surface area contributed by atoms with Gasteiger partial charge in [0, 0.05) is 0 Å². The van der Waals surface area contributed by atoms with Gasteiger partial charge in [-0.15, -0.1) is 0 Å². The molecule has 1 rings (SSSR count). The zero-order valence-corrected chi connectivity index (χ0v) is 8.28. The van der Waals surface area contributed by atoms with Gasteiger partial charge in [-0.1, -0.05) is 12.6 Å². The van der Waals surface area contributed by atoms with E-state index in [9.17, 15) is 0 Å². The van der Waals surface area contributed by atoms with Crippen molar-refractivity contribution in [3.63, 3.8) is 0 Å². The highest BCUT2D eigenvalue weighted by Gasteiger charge is 2.04. The van der Waals surface area contributed by atoms with Crippen molar-refractivity contribution in [1.29, 1.82) is 0 Å². The van der Waals surface area contributed by atoms with Gasteiger partial charge in [-0.3, -0.25) is 0 Å². The third kappa shape index (κ3) is 1.29. The Balaban J connectivity index is 3.51. The highest BCUT2D eigenvalue weighted by atomic mass is 14.1. The van der Waals surface area contributed by atoms with Crippen molar-refractivity contribution in [3.05, 3.63) is 46.5 Å². The van der Waals surface area contributed by atoms with E-state index in [2.05, 4.69) is 46.4 Å². The van der Waals surface area contributed by atoms with E-state index >= 15 is 0 Å². The fourth-order valence-electron chi connectivity index (χ4n) is 1.56. The molecule has 1 aromatic rings. The molecule has 0 amide bonds. The largest absolute Gasteiger partial charge is 0.0905 e. The van der Waals surface area contributed by atoms with Crippen LogP contribution < -0.4 is 0 Å². The summed E-state index contributed by atoms with van der Waals surface area (Å²) in [7, 11) is 0. The van der Waals surface area contributed by atoms with E-state index in [4.69, 9.17) is 0 Å². The van der Waals surface area contributed by atoms with Crippen LogP contribution in [0.15, 0.2) is 12.6 Å². The van der Waals surface area contributed by atoms with Crippen LogP contribution in [0.25, 0.3) is 0 Å². The van der Waals surface area contributed by atoms with Crippen molar-refractivity contribution >= 4 is 0 Å². The van der Waals surface area contributed by atoms with Gasteiger partial charge in [-0.05, 0) is 61.6 Å². The monoisotopic (exact) mass is 159 g/mol. The minimum Gasteiger partial charge on any atom is -0.0905 e. The molecule has 0 aliphatic rings. The molecule has 63 valence electrons. The van der Waals surface area contributed by atoms with E-state index in [-0.39, 0.29) is 0 Å². The maximum atomic E-state index is 3.70. The molecule has 0 unspecified atom stereocenters. The number of benzene rings is 1. The van der Waals surface area contributed by atoms with E-state index in [1.807, 2.05) is 0 Å². The van der Waals surface area contributed by atoms with Crippen molar-refractivity contribution in [2.45, 2.75) is 27.7 Å². The molecule has 0 aromatic heterocycles. The number of rotatable bonds is 1. The first-order valence-electron chi connectivity index (χ1n) is 4.18. The Labute approximate surface area is 74.9 Å². The second-order valence-electron chi connectivity index (χ2n) is 3.31. The molecule has 12 heavy (non-hydrogen) atoms. The zero-order chi connectivity index (χ0) is 9.30. The molecule has 0 heteroatoms. The third-order valence-corrected chi connectivity index (χ3v) is 2.53. The normalized spacial score (nSPS) is 10.0. The van der Waals surface area contributed by atoms with Gasteiger partial charge in [-0.25, -0.2) is 0 Å². The zero-order valence-electron chi connectivity index (χ0n) is 8.28. The first kappa shape index (κ1) is 9.05. The molecular formula is C12H15. The lowest BCUT2D eigenvalue weighted by atomic mass is 9.94. The first-order chi connectivity index (χ1) is 5.57. The Bertz CT molecular complexity index is 319. The van der Waals surface area contributed by atoms with Crippen molar-refractivity contribution < 1.29 is 0 Å².